The van der Waals surface area contributed by atoms with Gasteiger partial charge in [0.1, 0.15) is 6.04 Å². The Bertz CT molecular complexity index is 1450. The normalized spacial score (nSPS) is 12.3. The molecule has 190 valence electrons. The van der Waals surface area contributed by atoms with E-state index in [2.05, 4.69) is 5.32 Å². The molecule has 0 aliphatic rings. The number of nitrogens with zero attached hydrogens (tertiary/aromatic N) is 1. The summed E-state index contributed by atoms with van der Waals surface area (Å²) < 4.78 is 4.99. The van der Waals surface area contributed by atoms with Crippen LogP contribution in [0, 0.1) is 0 Å². The number of amides is 1. The van der Waals surface area contributed by atoms with Gasteiger partial charge in [-0.2, -0.15) is 0 Å². The molecule has 4 rings (SSSR count). The predicted octanol–water partition coefficient (Wildman–Crippen LogP) is 7.04. The van der Waals surface area contributed by atoms with Gasteiger partial charge in [-0.3, -0.25) is 4.79 Å². The molecule has 4 aromatic rings. The third-order valence-corrected chi connectivity index (χ3v) is 7.22. The summed E-state index contributed by atoms with van der Waals surface area (Å²) in [4.78, 5) is 30.5. The highest BCUT2D eigenvalue weighted by atomic mass is 35.5. The molecule has 0 aliphatic heterocycles. The molecule has 0 saturated heterocycles. The SMILES string of the molecule is COC(=O)[C@H](Cc1ccc2nc(-c3c(Cl)cccc3Cl)ccc2c1)NC(=O)C(C)(C)c1ccc(Cl)cc1. The minimum absolute atomic E-state index is 0.253. The fourth-order valence-corrected chi connectivity index (χ4v) is 4.81. The van der Waals surface area contributed by atoms with Gasteiger partial charge in [-0.1, -0.05) is 65.1 Å². The van der Waals surface area contributed by atoms with Crippen LogP contribution in [0.5, 0.6) is 0 Å². The molecule has 1 atom stereocenters. The Hall–Kier alpha value is -3.12. The Labute approximate surface area is 230 Å². The molecule has 1 N–H and O–H groups in total. The van der Waals surface area contributed by atoms with Crippen molar-refractivity contribution in [3.63, 3.8) is 0 Å². The van der Waals surface area contributed by atoms with E-state index >= 15 is 0 Å². The highest BCUT2D eigenvalue weighted by Gasteiger charge is 2.33. The number of benzene rings is 3. The van der Waals surface area contributed by atoms with Crippen molar-refractivity contribution in [2.24, 2.45) is 0 Å². The van der Waals surface area contributed by atoms with E-state index in [1.807, 2.05) is 30.3 Å². The number of hydrogen-bond donors (Lipinski definition) is 1. The molecular weight excluding hydrogens is 531 g/mol. The maximum Gasteiger partial charge on any atom is 0.328 e. The van der Waals surface area contributed by atoms with E-state index in [-0.39, 0.29) is 12.3 Å². The van der Waals surface area contributed by atoms with Gasteiger partial charge in [-0.25, -0.2) is 9.78 Å². The van der Waals surface area contributed by atoms with Crippen LogP contribution < -0.4 is 5.32 Å². The number of rotatable bonds is 7. The topological polar surface area (TPSA) is 68.3 Å². The van der Waals surface area contributed by atoms with Crippen molar-refractivity contribution in [1.82, 2.24) is 10.3 Å². The van der Waals surface area contributed by atoms with Crippen LogP contribution in [0.15, 0.2) is 72.8 Å². The molecule has 0 radical (unpaired) electrons. The molecule has 0 spiro atoms. The number of aromatic nitrogens is 1. The number of pyridine rings is 1. The molecule has 1 amide bonds. The molecule has 3 aromatic carbocycles. The molecule has 8 heteroatoms. The number of hydrogen-bond acceptors (Lipinski definition) is 4. The summed E-state index contributed by atoms with van der Waals surface area (Å²) >= 11 is 18.7. The van der Waals surface area contributed by atoms with Crippen LogP contribution in [0.1, 0.15) is 25.0 Å². The molecule has 0 unspecified atom stereocenters. The summed E-state index contributed by atoms with van der Waals surface area (Å²) in [6.07, 6.45) is 0.253. The number of ether oxygens (including phenoxy) is 1. The first-order valence-electron chi connectivity index (χ1n) is 11.6. The number of fused-ring (bicyclic) bond motifs is 1. The number of esters is 1. The van der Waals surface area contributed by atoms with E-state index in [0.717, 1.165) is 22.0 Å². The Balaban J connectivity index is 1.57. The van der Waals surface area contributed by atoms with E-state index in [4.69, 9.17) is 44.5 Å². The molecule has 5 nitrogen and oxygen atoms in total. The maximum atomic E-state index is 13.2. The Kier molecular flexibility index (Phi) is 8.08. The average molecular weight is 556 g/mol. The molecule has 0 fully saturated rings. The van der Waals surface area contributed by atoms with Crippen molar-refractivity contribution in [3.05, 3.63) is 99.0 Å². The summed E-state index contributed by atoms with van der Waals surface area (Å²) in [7, 11) is 1.30. The molecule has 37 heavy (non-hydrogen) atoms. The van der Waals surface area contributed by atoms with E-state index in [1.165, 1.54) is 7.11 Å². The zero-order valence-corrected chi connectivity index (χ0v) is 22.8. The highest BCUT2D eigenvalue weighted by Crippen LogP contribution is 2.34. The van der Waals surface area contributed by atoms with E-state index in [9.17, 15) is 9.59 Å². The van der Waals surface area contributed by atoms with Crippen molar-refractivity contribution in [1.29, 1.82) is 0 Å². The second-order valence-electron chi connectivity index (χ2n) is 9.21. The zero-order valence-electron chi connectivity index (χ0n) is 20.5. The largest absolute Gasteiger partial charge is 0.467 e. The Morgan fingerprint density at radius 1 is 0.946 bits per heavy atom. The molecule has 1 aromatic heterocycles. The highest BCUT2D eigenvalue weighted by molar-refractivity contribution is 6.39. The van der Waals surface area contributed by atoms with E-state index in [1.54, 1.807) is 56.3 Å². The van der Waals surface area contributed by atoms with Gasteiger partial charge in [0, 0.05) is 22.4 Å². The quantitative estimate of drug-likeness (QED) is 0.248. The van der Waals surface area contributed by atoms with Crippen molar-refractivity contribution in [2.45, 2.75) is 31.7 Å². The van der Waals surface area contributed by atoms with E-state index in [0.29, 0.717) is 26.3 Å². The Morgan fingerprint density at radius 3 is 2.27 bits per heavy atom. The average Bonchev–Trinajstić information content (AvgIpc) is 2.88. The first-order chi connectivity index (χ1) is 17.6. The van der Waals surface area contributed by atoms with Crippen LogP contribution in [0.25, 0.3) is 22.2 Å². The molecule has 1 heterocycles. The second-order valence-corrected chi connectivity index (χ2v) is 10.5. The number of methoxy groups -OCH3 is 1. The lowest BCUT2D eigenvalue weighted by molar-refractivity contribution is -0.145. The number of nitrogens with one attached hydrogen (secondary N) is 1. The molecule has 0 aliphatic carbocycles. The number of halogens is 3. The Morgan fingerprint density at radius 2 is 1.62 bits per heavy atom. The van der Waals surface area contributed by atoms with Gasteiger partial charge in [-0.15, -0.1) is 0 Å². The predicted molar refractivity (Wildman–Crippen MR) is 149 cm³/mol. The minimum Gasteiger partial charge on any atom is -0.467 e. The fraction of sp³-hybridized carbons (Fsp3) is 0.207. The van der Waals surface area contributed by atoms with Gasteiger partial charge in [0.15, 0.2) is 0 Å². The lowest BCUT2D eigenvalue weighted by atomic mass is 9.83. The van der Waals surface area contributed by atoms with Crippen molar-refractivity contribution in [3.8, 4) is 11.3 Å². The maximum absolute atomic E-state index is 13.2. The summed E-state index contributed by atoms with van der Waals surface area (Å²) in [5.74, 6) is -0.823. The monoisotopic (exact) mass is 554 g/mol. The second kappa shape index (κ2) is 11.1. The standard InChI is InChI=1S/C29H25Cl3N2O3/c1-29(2,19-9-11-20(30)12-10-19)28(36)34-25(27(35)37-3)16-17-7-13-23-18(15-17)8-14-24(33-23)26-21(31)5-4-6-22(26)32/h4-15,25H,16H2,1-3H3,(H,34,36)/t25-/m0/s1. The van der Waals surface area contributed by atoms with Crippen LogP contribution in [0.4, 0.5) is 0 Å². The smallest absolute Gasteiger partial charge is 0.328 e. The van der Waals surface area contributed by atoms with Gasteiger partial charge in [-0.05, 0) is 67.4 Å². The summed E-state index contributed by atoms with van der Waals surface area (Å²) in [6, 6.07) is 21.0. The van der Waals surface area contributed by atoms with Crippen LogP contribution in [-0.4, -0.2) is 30.0 Å². The first kappa shape index (κ1) is 26.9. The summed E-state index contributed by atoms with van der Waals surface area (Å²) in [5, 5.41) is 5.37. The minimum atomic E-state index is -0.888. The first-order valence-corrected chi connectivity index (χ1v) is 12.7. The van der Waals surface area contributed by atoms with Crippen molar-refractivity contribution < 1.29 is 14.3 Å². The molecule has 0 bridgehead atoms. The van der Waals surface area contributed by atoms with Crippen molar-refractivity contribution in [2.75, 3.05) is 7.11 Å². The van der Waals surface area contributed by atoms with E-state index < -0.39 is 17.4 Å². The lowest BCUT2D eigenvalue weighted by Crippen LogP contribution is -2.49. The number of carbonyl (C=O) groups is 2. The lowest BCUT2D eigenvalue weighted by Gasteiger charge is -2.27. The molecular formula is C29H25Cl3N2O3. The van der Waals surface area contributed by atoms with Gasteiger partial charge < -0.3 is 10.1 Å². The van der Waals surface area contributed by atoms with Crippen LogP contribution >= 0.6 is 34.8 Å². The summed E-state index contributed by atoms with van der Waals surface area (Å²) in [6.45, 7) is 3.59. The van der Waals surface area contributed by atoms with Gasteiger partial charge in [0.25, 0.3) is 0 Å². The molecule has 0 saturated carbocycles. The zero-order chi connectivity index (χ0) is 26.7. The third-order valence-electron chi connectivity index (χ3n) is 6.34. The fourth-order valence-electron chi connectivity index (χ4n) is 4.09. The third kappa shape index (κ3) is 5.90. The van der Waals surface area contributed by atoms with Gasteiger partial charge >= 0.3 is 5.97 Å². The van der Waals surface area contributed by atoms with Crippen LogP contribution in [0.3, 0.4) is 0 Å². The van der Waals surface area contributed by atoms with Crippen LogP contribution in [0.2, 0.25) is 15.1 Å². The van der Waals surface area contributed by atoms with Crippen molar-refractivity contribution >= 4 is 57.6 Å². The van der Waals surface area contributed by atoms with Gasteiger partial charge in [0.05, 0.1) is 33.8 Å². The van der Waals surface area contributed by atoms with Gasteiger partial charge in [0.2, 0.25) is 5.91 Å². The number of carbonyl (C=O) groups excluding carboxylic acids is 2. The summed E-state index contributed by atoms with van der Waals surface area (Å²) in [5.41, 5.74) is 2.83. The van der Waals surface area contributed by atoms with Crippen LogP contribution in [-0.2, 0) is 26.2 Å².